The van der Waals surface area contributed by atoms with Crippen LogP contribution in [0.15, 0.2) is 22.7 Å². The lowest BCUT2D eigenvalue weighted by Gasteiger charge is -2.05. The van der Waals surface area contributed by atoms with Crippen LogP contribution in [-0.4, -0.2) is 40.8 Å². The number of hydrogen-bond donors (Lipinski definition) is 1. The highest BCUT2D eigenvalue weighted by atomic mass is 16.5. The van der Waals surface area contributed by atoms with Gasteiger partial charge in [-0.05, 0) is 33.2 Å². The van der Waals surface area contributed by atoms with E-state index in [0.29, 0.717) is 11.7 Å². The summed E-state index contributed by atoms with van der Waals surface area (Å²) in [7, 11) is 4.00. The van der Waals surface area contributed by atoms with Gasteiger partial charge in [-0.15, -0.1) is 0 Å². The molecule has 0 unspecified atom stereocenters. The molecule has 0 saturated carbocycles. The van der Waals surface area contributed by atoms with Crippen molar-refractivity contribution in [3.63, 3.8) is 0 Å². The third-order valence-corrected chi connectivity index (χ3v) is 2.79. The van der Waals surface area contributed by atoms with Gasteiger partial charge in [0, 0.05) is 24.1 Å². The van der Waals surface area contributed by atoms with Crippen LogP contribution < -0.4 is 0 Å². The summed E-state index contributed by atoms with van der Waals surface area (Å²) in [5.41, 5.74) is 1.53. The van der Waals surface area contributed by atoms with Crippen LogP contribution >= 0.6 is 0 Å². The Kier molecular flexibility index (Phi) is 3.62. The molecule has 0 radical (unpaired) electrons. The minimum absolute atomic E-state index is 0.237. The second-order valence-electron chi connectivity index (χ2n) is 4.52. The highest BCUT2D eigenvalue weighted by molar-refractivity contribution is 5.61. The summed E-state index contributed by atoms with van der Waals surface area (Å²) < 4.78 is 5.23. The van der Waals surface area contributed by atoms with Crippen LogP contribution in [0.2, 0.25) is 0 Å². The summed E-state index contributed by atoms with van der Waals surface area (Å²) >= 11 is 0. The lowest BCUT2D eigenvalue weighted by atomic mass is 10.1. The molecule has 18 heavy (non-hydrogen) atoms. The molecule has 5 heteroatoms. The van der Waals surface area contributed by atoms with Gasteiger partial charge in [-0.1, -0.05) is 11.2 Å². The zero-order chi connectivity index (χ0) is 13.1. The van der Waals surface area contributed by atoms with Crippen molar-refractivity contribution in [3.05, 3.63) is 29.6 Å². The molecule has 1 aromatic heterocycles. The first-order valence-electron chi connectivity index (χ1n) is 5.84. The van der Waals surface area contributed by atoms with Crippen LogP contribution in [0.1, 0.15) is 11.4 Å². The van der Waals surface area contributed by atoms with Crippen LogP contribution in [0.4, 0.5) is 0 Å². The van der Waals surface area contributed by atoms with Gasteiger partial charge in [-0.2, -0.15) is 4.98 Å². The quantitative estimate of drug-likeness (QED) is 0.893. The Morgan fingerprint density at radius 2 is 2.11 bits per heavy atom. The topological polar surface area (TPSA) is 62.4 Å². The first-order valence-corrected chi connectivity index (χ1v) is 5.84. The number of aromatic nitrogens is 2. The van der Waals surface area contributed by atoms with Crippen molar-refractivity contribution in [2.24, 2.45) is 0 Å². The fourth-order valence-electron chi connectivity index (χ4n) is 1.64. The molecular weight excluding hydrogens is 230 g/mol. The van der Waals surface area contributed by atoms with E-state index in [1.165, 1.54) is 0 Å². The third kappa shape index (κ3) is 2.68. The van der Waals surface area contributed by atoms with Crippen LogP contribution in [-0.2, 0) is 6.42 Å². The number of likely N-dealkylation sites (N-methyl/N-ethyl adjacent to an activating group) is 1. The SMILES string of the molecule is Cc1c(O)cccc1-c1nc(CCN(C)C)no1. The molecule has 96 valence electrons. The number of phenols is 1. The molecule has 1 heterocycles. The van der Waals surface area contributed by atoms with Crippen LogP contribution in [0, 0.1) is 6.92 Å². The zero-order valence-corrected chi connectivity index (χ0v) is 10.8. The first kappa shape index (κ1) is 12.6. The molecule has 0 amide bonds. The number of aromatic hydroxyl groups is 1. The second-order valence-corrected chi connectivity index (χ2v) is 4.52. The van der Waals surface area contributed by atoms with Crippen LogP contribution in [0.3, 0.4) is 0 Å². The number of hydrogen-bond acceptors (Lipinski definition) is 5. The zero-order valence-electron chi connectivity index (χ0n) is 10.8. The first-order chi connectivity index (χ1) is 8.58. The van der Waals surface area contributed by atoms with E-state index in [1.54, 1.807) is 12.1 Å². The number of phenolic OH excluding ortho intramolecular Hbond substituents is 1. The molecule has 0 aliphatic rings. The Balaban J connectivity index is 2.21. The molecule has 0 aliphatic carbocycles. The van der Waals surface area contributed by atoms with Crippen molar-refractivity contribution in [1.29, 1.82) is 0 Å². The minimum atomic E-state index is 0.237. The lowest BCUT2D eigenvalue weighted by molar-refractivity contribution is 0.392. The van der Waals surface area contributed by atoms with Crippen molar-refractivity contribution < 1.29 is 9.63 Å². The van der Waals surface area contributed by atoms with Crippen LogP contribution in [0.25, 0.3) is 11.5 Å². The summed E-state index contributed by atoms with van der Waals surface area (Å²) in [4.78, 5) is 6.40. The summed E-state index contributed by atoms with van der Waals surface area (Å²) in [6.07, 6.45) is 0.744. The highest BCUT2D eigenvalue weighted by Crippen LogP contribution is 2.27. The maximum Gasteiger partial charge on any atom is 0.258 e. The van der Waals surface area contributed by atoms with E-state index in [9.17, 15) is 5.11 Å². The van der Waals surface area contributed by atoms with Crippen molar-refractivity contribution in [2.45, 2.75) is 13.3 Å². The average molecular weight is 247 g/mol. The maximum atomic E-state index is 9.65. The Morgan fingerprint density at radius 1 is 1.33 bits per heavy atom. The third-order valence-electron chi connectivity index (χ3n) is 2.79. The highest BCUT2D eigenvalue weighted by Gasteiger charge is 2.12. The van der Waals surface area contributed by atoms with Crippen molar-refractivity contribution in [3.8, 4) is 17.2 Å². The standard InChI is InChI=1S/C13H17N3O2/c1-9-10(5-4-6-11(9)17)13-14-12(15-18-13)7-8-16(2)3/h4-6,17H,7-8H2,1-3H3. The summed E-state index contributed by atoms with van der Waals surface area (Å²) in [6, 6.07) is 5.27. The van der Waals surface area contributed by atoms with E-state index in [0.717, 1.165) is 24.1 Å². The Hall–Kier alpha value is -1.88. The van der Waals surface area contributed by atoms with Gasteiger partial charge >= 0.3 is 0 Å². The van der Waals surface area contributed by atoms with Crippen molar-refractivity contribution >= 4 is 0 Å². The smallest absolute Gasteiger partial charge is 0.258 e. The molecule has 5 nitrogen and oxygen atoms in total. The number of benzene rings is 1. The normalized spacial score (nSPS) is 11.1. The van der Waals surface area contributed by atoms with Gasteiger partial charge in [0.05, 0.1) is 0 Å². The fourth-order valence-corrected chi connectivity index (χ4v) is 1.64. The molecule has 0 fully saturated rings. The van der Waals surface area contributed by atoms with Crippen molar-refractivity contribution in [2.75, 3.05) is 20.6 Å². The maximum absolute atomic E-state index is 9.65. The van der Waals surface area contributed by atoms with Gasteiger partial charge in [0.25, 0.3) is 5.89 Å². The largest absolute Gasteiger partial charge is 0.508 e. The molecule has 0 atom stereocenters. The van der Waals surface area contributed by atoms with Crippen molar-refractivity contribution in [1.82, 2.24) is 15.0 Å². The summed E-state index contributed by atoms with van der Waals surface area (Å²) in [5, 5.41) is 13.6. The number of nitrogens with zero attached hydrogens (tertiary/aromatic N) is 3. The lowest BCUT2D eigenvalue weighted by Crippen LogP contribution is -2.15. The van der Waals surface area contributed by atoms with Gasteiger partial charge in [0.1, 0.15) is 5.75 Å². The van der Waals surface area contributed by atoms with E-state index in [1.807, 2.05) is 27.1 Å². The van der Waals surface area contributed by atoms with E-state index in [-0.39, 0.29) is 5.75 Å². The molecule has 2 aromatic rings. The summed E-state index contributed by atoms with van der Waals surface area (Å²) in [6.45, 7) is 2.70. The van der Waals surface area contributed by atoms with E-state index < -0.39 is 0 Å². The molecule has 2 rings (SSSR count). The van der Waals surface area contributed by atoms with Gasteiger partial charge < -0.3 is 14.5 Å². The summed E-state index contributed by atoms with van der Waals surface area (Å²) in [5.74, 6) is 1.37. The molecule has 0 saturated heterocycles. The predicted octanol–water partition coefficient (Wildman–Crippen LogP) is 1.85. The second kappa shape index (κ2) is 5.18. The van der Waals surface area contributed by atoms with E-state index >= 15 is 0 Å². The van der Waals surface area contributed by atoms with Crippen LogP contribution in [0.5, 0.6) is 5.75 Å². The monoisotopic (exact) mass is 247 g/mol. The Labute approximate surface area is 106 Å². The molecule has 0 bridgehead atoms. The Morgan fingerprint density at radius 3 is 2.83 bits per heavy atom. The Bertz CT molecular complexity index is 535. The molecule has 1 aromatic carbocycles. The molecule has 0 aliphatic heterocycles. The number of rotatable bonds is 4. The average Bonchev–Trinajstić information content (AvgIpc) is 2.78. The predicted molar refractivity (Wildman–Crippen MR) is 68.4 cm³/mol. The molecular formula is C13H17N3O2. The van der Waals surface area contributed by atoms with Gasteiger partial charge in [0.15, 0.2) is 5.82 Å². The molecule has 0 spiro atoms. The molecule has 1 N–H and O–H groups in total. The van der Waals surface area contributed by atoms with E-state index in [2.05, 4.69) is 15.0 Å². The van der Waals surface area contributed by atoms with Gasteiger partial charge in [-0.25, -0.2) is 0 Å². The van der Waals surface area contributed by atoms with Gasteiger partial charge in [0.2, 0.25) is 0 Å². The fraction of sp³-hybridized carbons (Fsp3) is 0.385. The minimum Gasteiger partial charge on any atom is -0.508 e. The van der Waals surface area contributed by atoms with E-state index in [4.69, 9.17) is 4.52 Å². The van der Waals surface area contributed by atoms with Gasteiger partial charge in [-0.3, -0.25) is 0 Å².